The number of allylic oxidation sites excluding steroid dienone is 4. The molecule has 0 aliphatic carbocycles. The van der Waals surface area contributed by atoms with Crippen LogP contribution in [0.4, 0.5) is 0 Å². The Labute approximate surface area is 521 Å². The smallest absolute Gasteiger partial charge is 0.335 e. The Hall–Kier alpha value is -2.80. The largest absolute Gasteiger partial charge is 0.479 e. The monoisotopic (exact) mass is 1200 g/mol. The summed E-state index contributed by atoms with van der Waals surface area (Å²) in [6.45, 7) is 6.07. The number of carboxylic acids is 1. The minimum Gasteiger partial charge on any atom is -0.479 e. The van der Waals surface area contributed by atoms with Gasteiger partial charge in [-0.1, -0.05) is 302 Å². The first-order chi connectivity index (χ1) is 41.6. The number of aliphatic hydroxyl groups is 2. The molecule has 0 spiro atoms. The normalized spacial score (nSPS) is 17.5. The van der Waals surface area contributed by atoms with Crippen LogP contribution in [0.2, 0.25) is 0 Å². The van der Waals surface area contributed by atoms with Crippen LogP contribution >= 0.6 is 0 Å². The maximum atomic E-state index is 13.3. The molecule has 1 heterocycles. The van der Waals surface area contributed by atoms with E-state index in [2.05, 4.69) is 45.1 Å². The predicted octanol–water partition coefficient (Wildman–Crippen LogP) is 20.1. The molecule has 1 aliphatic rings. The fourth-order valence-electron chi connectivity index (χ4n) is 11.4. The molecule has 0 aromatic carbocycles. The molecular formula is C73H134O12. The Morgan fingerprint density at radius 2 is 0.671 bits per heavy atom. The van der Waals surface area contributed by atoms with Crippen LogP contribution in [0.1, 0.15) is 367 Å². The third-order valence-corrected chi connectivity index (χ3v) is 17.0. The molecule has 1 saturated heterocycles. The van der Waals surface area contributed by atoms with Crippen molar-refractivity contribution in [2.24, 2.45) is 0 Å². The van der Waals surface area contributed by atoms with E-state index >= 15 is 0 Å². The molecule has 0 bridgehead atoms. The van der Waals surface area contributed by atoms with E-state index < -0.39 is 67.3 Å². The lowest BCUT2D eigenvalue weighted by Gasteiger charge is -2.40. The molecule has 0 amide bonds. The number of ether oxygens (including phenoxy) is 5. The van der Waals surface area contributed by atoms with E-state index in [1.807, 2.05) is 0 Å². The van der Waals surface area contributed by atoms with Gasteiger partial charge in [0.25, 0.3) is 0 Å². The molecule has 0 radical (unpaired) electrons. The average molecular weight is 1200 g/mol. The van der Waals surface area contributed by atoms with Gasteiger partial charge in [-0.2, -0.15) is 0 Å². The van der Waals surface area contributed by atoms with Crippen LogP contribution in [0.5, 0.6) is 0 Å². The molecule has 0 aromatic rings. The Morgan fingerprint density at radius 1 is 0.376 bits per heavy atom. The van der Waals surface area contributed by atoms with Gasteiger partial charge in [-0.05, 0) is 70.6 Å². The number of hydrogen-bond donors (Lipinski definition) is 3. The second-order valence-corrected chi connectivity index (χ2v) is 25.2. The summed E-state index contributed by atoms with van der Waals surface area (Å²) < 4.78 is 28.7. The first-order valence-electron chi connectivity index (χ1n) is 36.3. The van der Waals surface area contributed by atoms with Crippen molar-refractivity contribution in [2.45, 2.75) is 404 Å². The van der Waals surface area contributed by atoms with Crippen LogP contribution < -0.4 is 0 Å². The van der Waals surface area contributed by atoms with E-state index in [0.29, 0.717) is 19.3 Å². The Morgan fingerprint density at radius 3 is 1.00 bits per heavy atom. The van der Waals surface area contributed by atoms with Crippen LogP contribution in [-0.2, 0) is 42.9 Å². The number of carbonyl (C=O) groups is 4. The number of aliphatic hydroxyl groups excluding tert-OH is 2. The van der Waals surface area contributed by atoms with Crippen LogP contribution in [-0.4, -0.2) is 89.2 Å². The number of hydrogen-bond acceptors (Lipinski definition) is 11. The van der Waals surface area contributed by atoms with E-state index in [0.717, 1.165) is 70.6 Å². The van der Waals surface area contributed by atoms with E-state index in [4.69, 9.17) is 23.7 Å². The zero-order chi connectivity index (χ0) is 61.7. The SMILES string of the molecule is CCCCCCCC/C=C\CCCCCCCCCCCC(=O)OCC(COC1OC(C(=O)O)C(O)C(O)C1OC(=O)CCCCCCCCC/C=C\CCCCCCCC)OC(=O)CCCCCCCCCCCCCCCCCCCCC. The minimum absolute atomic E-state index is 0.0607. The summed E-state index contributed by atoms with van der Waals surface area (Å²) in [4.78, 5) is 51.5. The highest BCUT2D eigenvalue weighted by molar-refractivity contribution is 5.74. The van der Waals surface area contributed by atoms with Crippen molar-refractivity contribution in [1.29, 1.82) is 0 Å². The van der Waals surface area contributed by atoms with E-state index in [9.17, 15) is 34.5 Å². The number of aliphatic carboxylic acids is 1. The molecule has 85 heavy (non-hydrogen) atoms. The van der Waals surface area contributed by atoms with Gasteiger partial charge in [-0.25, -0.2) is 4.79 Å². The Balaban J connectivity index is 2.61. The van der Waals surface area contributed by atoms with Gasteiger partial charge >= 0.3 is 23.9 Å². The van der Waals surface area contributed by atoms with Gasteiger partial charge in [-0.15, -0.1) is 0 Å². The highest BCUT2D eigenvalue weighted by Crippen LogP contribution is 2.27. The van der Waals surface area contributed by atoms with Crippen molar-refractivity contribution in [3.8, 4) is 0 Å². The molecule has 1 fully saturated rings. The van der Waals surface area contributed by atoms with Crippen LogP contribution in [0.15, 0.2) is 24.3 Å². The van der Waals surface area contributed by atoms with E-state index in [1.54, 1.807) is 0 Å². The Kier molecular flexibility index (Phi) is 58.0. The highest BCUT2D eigenvalue weighted by atomic mass is 16.7. The standard InChI is InChI=1S/C73H134O12/c1-4-7-10-13-16-19-22-25-28-31-33-36-38-41-44-47-50-53-56-59-65(74)81-62-64(83-66(75)60-57-54-51-48-45-42-40-37-34-32-29-26-23-20-17-14-11-8-5-2)63-82-73-71(69(78)68(77)70(85-73)72(79)80)84-67(76)61-58-55-52-49-46-43-39-35-30-27-24-21-18-15-12-9-6-3/h25,27-28,30,64,68-71,73,77-78H,4-24,26,29,31-63H2,1-3H3,(H,79,80)/b28-25-,30-27-. The lowest BCUT2D eigenvalue weighted by Crippen LogP contribution is -2.61. The van der Waals surface area contributed by atoms with E-state index in [-0.39, 0.29) is 25.9 Å². The molecule has 12 heteroatoms. The average Bonchev–Trinajstić information content (AvgIpc) is 3.46. The molecule has 1 aliphatic heterocycles. The quantitative estimate of drug-likeness (QED) is 0.0228. The zero-order valence-corrected chi connectivity index (χ0v) is 55.4. The Bertz CT molecular complexity index is 1570. The molecule has 1 rings (SSSR count). The molecule has 0 aromatic heterocycles. The number of unbranched alkanes of at least 4 members (excludes halogenated alkanes) is 46. The molecular weight excluding hydrogens is 1070 g/mol. The summed E-state index contributed by atoms with van der Waals surface area (Å²) in [5.74, 6) is -3.08. The number of carbonyl (C=O) groups excluding carboxylic acids is 3. The highest BCUT2D eigenvalue weighted by Gasteiger charge is 2.50. The molecule has 0 saturated carbocycles. The van der Waals surface area contributed by atoms with Crippen molar-refractivity contribution in [2.75, 3.05) is 13.2 Å². The van der Waals surface area contributed by atoms with Gasteiger partial charge in [0.1, 0.15) is 18.8 Å². The zero-order valence-electron chi connectivity index (χ0n) is 55.4. The topological polar surface area (TPSA) is 175 Å². The van der Waals surface area contributed by atoms with E-state index in [1.165, 1.54) is 238 Å². The fraction of sp³-hybridized carbons (Fsp3) is 0.890. The van der Waals surface area contributed by atoms with Crippen molar-refractivity contribution in [3.05, 3.63) is 24.3 Å². The lowest BCUT2D eigenvalue weighted by molar-refractivity contribution is -0.301. The number of carboxylic acid groups (broad SMARTS) is 1. The summed E-state index contributed by atoms with van der Waals surface area (Å²) in [6, 6.07) is 0. The number of esters is 3. The maximum Gasteiger partial charge on any atom is 0.335 e. The summed E-state index contributed by atoms with van der Waals surface area (Å²) in [5, 5.41) is 31.7. The summed E-state index contributed by atoms with van der Waals surface area (Å²) >= 11 is 0. The fourth-order valence-corrected chi connectivity index (χ4v) is 11.4. The molecule has 498 valence electrons. The van der Waals surface area contributed by atoms with Crippen LogP contribution in [0.3, 0.4) is 0 Å². The van der Waals surface area contributed by atoms with Crippen molar-refractivity contribution < 1.29 is 58.2 Å². The van der Waals surface area contributed by atoms with Gasteiger partial charge in [0.2, 0.25) is 0 Å². The summed E-state index contributed by atoms with van der Waals surface area (Å²) in [5.41, 5.74) is 0. The minimum atomic E-state index is -1.90. The van der Waals surface area contributed by atoms with Gasteiger partial charge in [0, 0.05) is 19.3 Å². The first-order valence-corrected chi connectivity index (χ1v) is 36.3. The van der Waals surface area contributed by atoms with Crippen molar-refractivity contribution in [3.63, 3.8) is 0 Å². The predicted molar refractivity (Wildman–Crippen MR) is 350 cm³/mol. The lowest BCUT2D eigenvalue weighted by atomic mass is 9.98. The molecule has 3 N–H and O–H groups in total. The van der Waals surface area contributed by atoms with Gasteiger partial charge in [0.15, 0.2) is 24.6 Å². The summed E-state index contributed by atoms with van der Waals surface area (Å²) in [7, 11) is 0. The van der Waals surface area contributed by atoms with Crippen molar-refractivity contribution in [1.82, 2.24) is 0 Å². The van der Waals surface area contributed by atoms with Gasteiger partial charge < -0.3 is 39.0 Å². The van der Waals surface area contributed by atoms with Gasteiger partial charge in [-0.3, -0.25) is 14.4 Å². The third kappa shape index (κ3) is 50.7. The second-order valence-electron chi connectivity index (χ2n) is 25.2. The van der Waals surface area contributed by atoms with Crippen LogP contribution in [0.25, 0.3) is 0 Å². The van der Waals surface area contributed by atoms with Gasteiger partial charge in [0.05, 0.1) is 6.61 Å². The maximum absolute atomic E-state index is 13.3. The molecule has 6 atom stereocenters. The third-order valence-electron chi connectivity index (χ3n) is 17.0. The summed E-state index contributed by atoms with van der Waals surface area (Å²) in [6.07, 6.45) is 61.3. The molecule has 6 unspecified atom stereocenters. The first kappa shape index (κ1) is 80.2. The second kappa shape index (κ2) is 61.4. The van der Waals surface area contributed by atoms with Crippen molar-refractivity contribution >= 4 is 23.9 Å². The molecule has 12 nitrogen and oxygen atoms in total. The number of rotatable bonds is 64. The van der Waals surface area contributed by atoms with Crippen LogP contribution in [0, 0.1) is 0 Å².